The quantitative estimate of drug-likeness (QED) is 0.586. The number of nitrogens with zero attached hydrogens (tertiary/aromatic N) is 5. The van der Waals surface area contributed by atoms with Gasteiger partial charge in [-0.1, -0.05) is 11.3 Å². The van der Waals surface area contributed by atoms with Gasteiger partial charge in [0.2, 0.25) is 10.1 Å². The Morgan fingerprint density at radius 2 is 1.97 bits per heavy atom. The van der Waals surface area contributed by atoms with Crippen molar-refractivity contribution in [1.82, 2.24) is 10.2 Å². The van der Waals surface area contributed by atoms with Crippen molar-refractivity contribution in [3.05, 3.63) is 29.0 Å². The van der Waals surface area contributed by atoms with Gasteiger partial charge in [-0.05, 0) is 18.2 Å². The molecule has 2 saturated heterocycles. The smallest absolute Gasteiger partial charge is 0.414 e. The number of quaternary nitrogens is 1. The van der Waals surface area contributed by atoms with Crippen molar-refractivity contribution in [1.29, 1.82) is 0 Å². The first-order chi connectivity index (χ1) is 15.3. The molecule has 2 fully saturated rings. The van der Waals surface area contributed by atoms with Crippen LogP contribution in [0, 0.1) is 5.82 Å². The lowest BCUT2D eigenvalue weighted by molar-refractivity contribution is -0.573. The Hall–Kier alpha value is -3.32. The maximum absolute atomic E-state index is 14.9. The average Bonchev–Trinajstić information content (AvgIpc) is 3.39. The Morgan fingerprint density at radius 1 is 1.25 bits per heavy atom. The predicted octanol–water partition coefficient (Wildman–Crippen LogP) is -0.462. The number of hydrogen-bond acceptors (Lipinski definition) is 9. The van der Waals surface area contributed by atoms with Gasteiger partial charge in [0.1, 0.15) is 12.4 Å². The number of hydrogen-bond donors (Lipinski definition) is 2. The summed E-state index contributed by atoms with van der Waals surface area (Å²) in [6, 6.07) is 4.66. The average molecular weight is 465 g/mol. The molecule has 0 radical (unpaired) electrons. The molecule has 2 aliphatic rings. The fraction of sp³-hybridized carbons (Fsp3) is 0.421. The molecule has 1 aromatic heterocycles. The third-order valence-electron chi connectivity index (χ3n) is 5.30. The number of aromatic nitrogens is 2. The molecule has 11 nitrogen and oxygen atoms in total. The maximum atomic E-state index is 14.9. The molecule has 170 valence electrons. The third-order valence-corrected chi connectivity index (χ3v) is 6.30. The van der Waals surface area contributed by atoms with Gasteiger partial charge in [0, 0.05) is 26.2 Å². The van der Waals surface area contributed by atoms with E-state index >= 15 is 0 Å². The molecule has 1 atom stereocenters. The number of benzene rings is 1. The van der Waals surface area contributed by atoms with Crippen LogP contribution >= 0.6 is 11.3 Å². The molecule has 3 heterocycles. The largest absolute Gasteiger partial charge is 0.438 e. The monoisotopic (exact) mass is 464 g/mol. The van der Waals surface area contributed by atoms with E-state index in [0.717, 1.165) is 11.3 Å². The van der Waals surface area contributed by atoms with Gasteiger partial charge in [0.05, 0.1) is 24.8 Å². The number of halogens is 1. The van der Waals surface area contributed by atoms with Gasteiger partial charge in [0.15, 0.2) is 6.10 Å². The zero-order chi connectivity index (χ0) is 22.8. The van der Waals surface area contributed by atoms with Crippen LogP contribution in [-0.2, 0) is 9.53 Å². The molecule has 0 bridgehead atoms. The van der Waals surface area contributed by atoms with Crippen molar-refractivity contribution in [3.8, 4) is 0 Å². The van der Waals surface area contributed by atoms with Crippen LogP contribution in [0.5, 0.6) is 0 Å². The van der Waals surface area contributed by atoms with E-state index in [1.165, 1.54) is 23.2 Å². The Balaban J connectivity index is 1.38. The van der Waals surface area contributed by atoms with Crippen molar-refractivity contribution >= 4 is 45.8 Å². The van der Waals surface area contributed by atoms with Gasteiger partial charge in [-0.3, -0.25) is 15.0 Å². The normalized spacial score (nSPS) is 18.8. The van der Waals surface area contributed by atoms with Crippen molar-refractivity contribution in [2.45, 2.75) is 13.0 Å². The van der Waals surface area contributed by atoms with E-state index in [0.29, 0.717) is 49.2 Å². The fourth-order valence-electron chi connectivity index (χ4n) is 3.65. The van der Waals surface area contributed by atoms with Crippen LogP contribution in [0.3, 0.4) is 0 Å². The number of amides is 3. The molecular formula is C19H23FN7O4S+. The van der Waals surface area contributed by atoms with Gasteiger partial charge in [0.25, 0.3) is 5.91 Å². The molecule has 3 amide bonds. The van der Waals surface area contributed by atoms with Gasteiger partial charge in [-0.15, -0.1) is 10.2 Å². The topological polar surface area (TPSA) is 139 Å². The van der Waals surface area contributed by atoms with Crippen LogP contribution in [0.25, 0.3) is 0 Å². The Morgan fingerprint density at radius 3 is 2.59 bits per heavy atom. The second-order valence-corrected chi connectivity index (χ2v) is 8.49. The van der Waals surface area contributed by atoms with E-state index in [9.17, 15) is 18.8 Å². The van der Waals surface area contributed by atoms with E-state index in [-0.39, 0.29) is 17.5 Å². The minimum atomic E-state index is -0.611. The number of carbonyl (C=O) groups is 3. The summed E-state index contributed by atoms with van der Waals surface area (Å²) in [4.78, 5) is 39.7. The minimum Gasteiger partial charge on any atom is -0.438 e. The van der Waals surface area contributed by atoms with Gasteiger partial charge in [-0.2, -0.15) is 0 Å². The van der Waals surface area contributed by atoms with Crippen molar-refractivity contribution < 1.29 is 28.8 Å². The first kappa shape index (κ1) is 21.9. The molecule has 0 spiro atoms. The summed E-state index contributed by atoms with van der Waals surface area (Å²) in [5, 5.41) is 10.0. The number of carbonyl (C=O) groups excluding carboxylic acids is 3. The van der Waals surface area contributed by atoms with Crippen molar-refractivity contribution in [2.24, 2.45) is 5.73 Å². The molecular weight excluding hydrogens is 441 g/mol. The Kier molecular flexibility index (Phi) is 6.19. The van der Waals surface area contributed by atoms with E-state index in [1.54, 1.807) is 12.1 Å². The highest BCUT2D eigenvalue weighted by atomic mass is 32.1. The number of ether oxygens (including phenoxy) is 1. The maximum Gasteiger partial charge on any atom is 0.414 e. The second-order valence-electron chi connectivity index (χ2n) is 7.53. The lowest BCUT2D eigenvalue weighted by Crippen LogP contribution is -2.89. The molecule has 4 rings (SSSR count). The standard InChI is InChI=1S/C19H22FN7O4S/c1-11(28)22-9-13-10-27(19(30)31-13)12-2-3-15(14(20)8-12)25-4-6-26(7-5-25)18-24-23-17(32-18)16(21)29/h2-3,8,13H,4-7,9-10H2,1H3,(H2,21,29)(H,22,28)/p+1/t13-/m0/s1. The van der Waals surface area contributed by atoms with E-state index in [2.05, 4.69) is 10.2 Å². The summed E-state index contributed by atoms with van der Waals surface area (Å²) in [7, 11) is 0. The summed E-state index contributed by atoms with van der Waals surface area (Å²) in [6.45, 7) is 4.30. The predicted molar refractivity (Wildman–Crippen MR) is 114 cm³/mol. The third kappa shape index (κ3) is 4.62. The van der Waals surface area contributed by atoms with E-state index in [4.69, 9.17) is 10.5 Å². The molecule has 13 heteroatoms. The molecule has 0 unspecified atom stereocenters. The summed E-state index contributed by atoms with van der Waals surface area (Å²) in [6.07, 6.45) is -0.988. The lowest BCUT2D eigenvalue weighted by atomic mass is 10.2. The summed E-state index contributed by atoms with van der Waals surface area (Å²) in [5.41, 5.74) is 6.08. The SMILES string of the molecule is CC(=O)[NH2+]C[C@H]1CN(c2ccc(N3CCN(c4nnc(C(N)=O)s4)CC3)c(F)c2)C(=O)O1. The lowest BCUT2D eigenvalue weighted by Gasteiger charge is -2.36. The molecule has 0 aliphatic carbocycles. The van der Waals surface area contributed by atoms with E-state index in [1.807, 2.05) is 9.80 Å². The zero-order valence-electron chi connectivity index (χ0n) is 17.4. The molecule has 2 aromatic rings. The molecule has 0 saturated carbocycles. The van der Waals surface area contributed by atoms with Crippen LogP contribution in [0.15, 0.2) is 18.2 Å². The van der Waals surface area contributed by atoms with Crippen LogP contribution in [-0.4, -0.2) is 73.5 Å². The first-order valence-electron chi connectivity index (χ1n) is 10.1. The highest BCUT2D eigenvalue weighted by molar-refractivity contribution is 7.17. The second kappa shape index (κ2) is 9.04. The number of rotatable bonds is 6. The van der Waals surface area contributed by atoms with Crippen LogP contribution < -0.4 is 25.8 Å². The molecule has 4 N–H and O–H groups in total. The number of primary amides is 2. The fourth-order valence-corrected chi connectivity index (χ4v) is 4.40. The van der Waals surface area contributed by atoms with Crippen molar-refractivity contribution in [3.63, 3.8) is 0 Å². The highest BCUT2D eigenvalue weighted by Gasteiger charge is 2.34. The summed E-state index contributed by atoms with van der Waals surface area (Å²) >= 11 is 1.14. The zero-order valence-corrected chi connectivity index (χ0v) is 18.2. The van der Waals surface area contributed by atoms with Crippen LogP contribution in [0.2, 0.25) is 0 Å². The van der Waals surface area contributed by atoms with Gasteiger partial charge >= 0.3 is 12.0 Å². The van der Waals surface area contributed by atoms with Crippen LogP contribution in [0.4, 0.5) is 25.7 Å². The molecule has 2 aliphatic heterocycles. The van der Waals surface area contributed by atoms with Crippen molar-refractivity contribution in [2.75, 3.05) is 54.0 Å². The number of nitrogens with two attached hydrogens (primary N) is 2. The number of cyclic esters (lactones) is 1. The molecule has 32 heavy (non-hydrogen) atoms. The Labute approximate surface area is 186 Å². The summed E-state index contributed by atoms with van der Waals surface area (Å²) in [5.74, 6) is -1.14. The molecule has 1 aromatic carbocycles. The van der Waals surface area contributed by atoms with Gasteiger partial charge < -0.3 is 20.3 Å². The van der Waals surface area contributed by atoms with Crippen LogP contribution in [0.1, 0.15) is 16.7 Å². The number of piperazine rings is 1. The summed E-state index contributed by atoms with van der Waals surface area (Å²) < 4.78 is 20.2. The Bertz CT molecular complexity index is 1040. The minimum absolute atomic E-state index is 0.0885. The van der Waals surface area contributed by atoms with E-state index < -0.39 is 23.9 Å². The highest BCUT2D eigenvalue weighted by Crippen LogP contribution is 2.29. The first-order valence-corrected chi connectivity index (χ1v) is 10.9. The number of anilines is 3. The van der Waals surface area contributed by atoms with Gasteiger partial charge in [-0.25, -0.2) is 14.0 Å².